The molecule has 0 atom stereocenters. The molecular formula is C23H29AuClN2-. The second-order valence-corrected chi connectivity index (χ2v) is 7.40. The van der Waals surface area contributed by atoms with Gasteiger partial charge in [0.1, 0.15) is 0 Å². The number of hydrogen-bond donors (Lipinski definition) is 0. The van der Waals surface area contributed by atoms with Crippen LogP contribution >= 0.6 is 9.19 Å². The quantitative estimate of drug-likeness (QED) is 0.305. The van der Waals surface area contributed by atoms with Crippen LogP contribution in [-0.4, -0.2) is 4.90 Å². The number of para-hydroxylation sites is 1. The first kappa shape index (κ1) is 22.1. The fraction of sp³-hybridized carbons (Fsp3) is 0.348. The van der Waals surface area contributed by atoms with E-state index in [-0.39, 0.29) is 0 Å². The molecule has 4 heteroatoms. The van der Waals surface area contributed by atoms with Crippen molar-refractivity contribution in [1.82, 2.24) is 4.90 Å². The molecule has 0 radical (unpaired) electrons. The Labute approximate surface area is 181 Å². The van der Waals surface area contributed by atoms with Crippen LogP contribution in [0.3, 0.4) is 0 Å². The van der Waals surface area contributed by atoms with Crippen molar-refractivity contribution in [3.8, 4) is 0 Å². The zero-order valence-corrected chi connectivity index (χ0v) is 20.2. The van der Waals surface area contributed by atoms with Crippen molar-refractivity contribution < 1.29 is 20.0 Å². The van der Waals surface area contributed by atoms with Gasteiger partial charge < -0.3 is 9.80 Å². The van der Waals surface area contributed by atoms with Crippen molar-refractivity contribution in [3.05, 3.63) is 81.8 Å². The molecule has 0 aromatic heterocycles. The van der Waals surface area contributed by atoms with Gasteiger partial charge >= 0.3 is 29.2 Å². The molecule has 150 valence electrons. The molecular weight excluding hydrogens is 537 g/mol. The molecule has 0 saturated carbocycles. The van der Waals surface area contributed by atoms with Gasteiger partial charge in [-0.15, -0.1) is 0 Å². The minimum atomic E-state index is 0.919. The Hall–Kier alpha value is -1.19. The van der Waals surface area contributed by atoms with Crippen molar-refractivity contribution in [2.75, 3.05) is 4.90 Å². The maximum absolute atomic E-state index is 4.58. The van der Waals surface area contributed by atoms with Crippen LogP contribution in [0.15, 0.2) is 41.7 Å². The van der Waals surface area contributed by atoms with Gasteiger partial charge in [-0.05, 0) is 82.0 Å². The number of hydrogen-bond acceptors (Lipinski definition) is 2. The van der Waals surface area contributed by atoms with Gasteiger partial charge in [0.15, 0.2) is 0 Å². The van der Waals surface area contributed by atoms with Crippen molar-refractivity contribution in [2.24, 2.45) is 0 Å². The van der Waals surface area contributed by atoms with E-state index in [1.807, 2.05) is 0 Å². The van der Waals surface area contributed by atoms with Crippen LogP contribution in [0.4, 0.5) is 5.69 Å². The van der Waals surface area contributed by atoms with E-state index in [0.29, 0.717) is 0 Å². The number of aryl methyl sites for hydroxylation is 5. The summed E-state index contributed by atoms with van der Waals surface area (Å²) in [5.74, 6) is 0. The Morgan fingerprint density at radius 3 is 1.85 bits per heavy atom. The van der Waals surface area contributed by atoms with E-state index in [2.05, 4.69) is 104 Å². The summed E-state index contributed by atoms with van der Waals surface area (Å²) in [5.41, 5.74) is 12.1. The van der Waals surface area contributed by atoms with Gasteiger partial charge in [-0.1, -0.05) is 35.9 Å². The van der Waals surface area contributed by atoms with Crippen LogP contribution in [0.5, 0.6) is 0 Å². The molecule has 0 bridgehead atoms. The second kappa shape index (κ2) is 9.34. The van der Waals surface area contributed by atoms with Crippen molar-refractivity contribution in [2.45, 2.75) is 55.0 Å². The van der Waals surface area contributed by atoms with Crippen LogP contribution < -0.4 is 4.90 Å². The van der Waals surface area contributed by atoms with E-state index in [0.717, 1.165) is 6.54 Å². The Kier molecular flexibility index (Phi) is 7.64. The predicted octanol–water partition coefficient (Wildman–Crippen LogP) is 6.61. The van der Waals surface area contributed by atoms with Crippen LogP contribution in [0, 0.1) is 41.3 Å². The summed E-state index contributed by atoms with van der Waals surface area (Å²) in [5, 5.41) is 0. The second-order valence-electron chi connectivity index (χ2n) is 7.40. The molecule has 3 rings (SSSR count). The fourth-order valence-corrected chi connectivity index (χ4v) is 3.89. The molecule has 27 heavy (non-hydrogen) atoms. The third-order valence-corrected chi connectivity index (χ3v) is 5.42. The summed E-state index contributed by atoms with van der Waals surface area (Å²) >= 11 is 1.75. The third kappa shape index (κ3) is 4.63. The van der Waals surface area contributed by atoms with E-state index in [4.69, 9.17) is 0 Å². The average molecular weight is 566 g/mol. The Balaban J connectivity index is 0.00000126. The van der Waals surface area contributed by atoms with Crippen molar-refractivity contribution in [3.63, 3.8) is 0 Å². The zero-order valence-electron chi connectivity index (χ0n) is 17.2. The molecule has 0 saturated heterocycles. The van der Waals surface area contributed by atoms with Gasteiger partial charge in [0, 0.05) is 17.9 Å². The van der Waals surface area contributed by atoms with Gasteiger partial charge in [-0.3, -0.25) is 0 Å². The first-order valence-electron chi connectivity index (χ1n) is 9.12. The zero-order chi connectivity index (χ0) is 20.3. The summed E-state index contributed by atoms with van der Waals surface area (Å²) in [6.07, 6.45) is 0. The molecule has 1 heterocycles. The Morgan fingerprint density at radius 1 is 0.815 bits per heavy atom. The van der Waals surface area contributed by atoms with Crippen molar-refractivity contribution in [1.29, 1.82) is 0 Å². The van der Waals surface area contributed by atoms with Crippen molar-refractivity contribution >= 4 is 14.9 Å². The van der Waals surface area contributed by atoms with E-state index < -0.39 is 0 Å². The number of allylic oxidation sites excluding steroid dienone is 2. The summed E-state index contributed by atoms with van der Waals surface area (Å²) in [7, 11) is 4.58. The molecule has 0 spiro atoms. The molecule has 0 amide bonds. The molecule has 0 aliphatic carbocycles. The summed E-state index contributed by atoms with van der Waals surface area (Å²) in [6.45, 7) is 18.6. The SMILES string of the molecule is CC1=C(C)N(c2c(C)cccc2C)[CH-]N1Cc1c(C)cc(C)cc1C.[Cl][Au]. The van der Waals surface area contributed by atoms with Gasteiger partial charge in [0.25, 0.3) is 0 Å². The Bertz CT molecular complexity index is 814. The molecule has 2 aromatic rings. The number of anilines is 1. The van der Waals surface area contributed by atoms with Gasteiger partial charge in [0.05, 0.1) is 0 Å². The van der Waals surface area contributed by atoms with Gasteiger partial charge in [-0.25, -0.2) is 0 Å². The molecule has 2 aromatic carbocycles. The third-order valence-electron chi connectivity index (χ3n) is 5.42. The van der Waals surface area contributed by atoms with E-state index >= 15 is 0 Å². The first-order chi connectivity index (χ1) is 12.8. The van der Waals surface area contributed by atoms with Crippen LogP contribution in [0.2, 0.25) is 0 Å². The van der Waals surface area contributed by atoms with E-state index in [9.17, 15) is 0 Å². The van der Waals surface area contributed by atoms with Gasteiger partial charge in [0.2, 0.25) is 0 Å². The topological polar surface area (TPSA) is 6.48 Å². The molecule has 0 unspecified atom stereocenters. The summed E-state index contributed by atoms with van der Waals surface area (Å²) in [4.78, 5) is 4.73. The molecule has 1 aliphatic rings. The minimum absolute atomic E-state index is 0.919. The number of nitrogens with zero attached hydrogens (tertiary/aromatic N) is 2. The summed E-state index contributed by atoms with van der Waals surface area (Å²) < 4.78 is 0. The Morgan fingerprint density at radius 2 is 1.33 bits per heavy atom. The maximum atomic E-state index is 4.58. The number of benzene rings is 2. The first-order valence-corrected chi connectivity index (χ1v) is 11.8. The average Bonchev–Trinajstić information content (AvgIpc) is 2.88. The monoisotopic (exact) mass is 565 g/mol. The van der Waals surface area contributed by atoms with E-state index in [1.54, 1.807) is 20.0 Å². The normalized spacial score (nSPS) is 13.9. The number of halogens is 1. The van der Waals surface area contributed by atoms with E-state index in [1.165, 1.54) is 50.5 Å². The molecule has 1 aliphatic heterocycles. The van der Waals surface area contributed by atoms with Crippen LogP contribution in [0.1, 0.15) is 47.2 Å². The summed E-state index contributed by atoms with van der Waals surface area (Å²) in [6, 6.07) is 11.1. The van der Waals surface area contributed by atoms with Crippen LogP contribution in [0.25, 0.3) is 0 Å². The molecule has 2 nitrogen and oxygen atoms in total. The fourth-order valence-electron chi connectivity index (χ4n) is 3.89. The molecule has 0 N–H and O–H groups in total. The van der Waals surface area contributed by atoms with Crippen LogP contribution in [-0.2, 0) is 26.5 Å². The molecule has 0 fully saturated rings. The standard InChI is InChI=1S/C23H29N2.Au.ClH/c1-15-11-18(4)22(19(5)12-15)13-24-14-25(21(7)20(24)6)23-16(2)9-8-10-17(23)3;;/h8-12,14H,13H2,1-7H3;;1H/q-1;+1;/p-1. The predicted molar refractivity (Wildman–Crippen MR) is 113 cm³/mol. The van der Waals surface area contributed by atoms with Gasteiger partial charge in [-0.2, -0.15) is 6.67 Å². The number of rotatable bonds is 3.